The van der Waals surface area contributed by atoms with E-state index in [4.69, 9.17) is 4.74 Å². The summed E-state index contributed by atoms with van der Waals surface area (Å²) in [5.74, 6) is -4.92. The van der Waals surface area contributed by atoms with Gasteiger partial charge in [-0.25, -0.2) is 0 Å². The van der Waals surface area contributed by atoms with Crippen molar-refractivity contribution in [3.63, 3.8) is 0 Å². The molecule has 7 nitrogen and oxygen atoms in total. The predicted octanol–water partition coefficient (Wildman–Crippen LogP) is 4.09. The highest BCUT2D eigenvalue weighted by atomic mass is 19.3. The zero-order valence-corrected chi connectivity index (χ0v) is 22.2. The number of halogens is 2. The Labute approximate surface area is 203 Å². The van der Waals surface area contributed by atoms with Crippen molar-refractivity contribution in [2.24, 2.45) is 5.92 Å². The van der Waals surface area contributed by atoms with Gasteiger partial charge in [-0.1, -0.05) is 19.9 Å². The molecule has 34 heavy (non-hydrogen) atoms. The number of carbonyl (C=O) groups excluding carboxylic acids is 2. The number of carbonyl (C=O) groups is 2. The smallest absolute Gasteiger partial charge is 0.343 e. The van der Waals surface area contributed by atoms with Crippen LogP contribution in [0.1, 0.15) is 81.6 Å². The number of aldehydes is 1. The molecule has 0 aromatic rings. The number of ether oxygens (including phenoxy) is 1. The normalized spacial score (nSPS) is 21.6. The van der Waals surface area contributed by atoms with Gasteiger partial charge in [0.05, 0.1) is 18.2 Å². The van der Waals surface area contributed by atoms with Crippen LogP contribution in [0.4, 0.5) is 8.78 Å². The van der Waals surface area contributed by atoms with Crippen LogP contribution < -0.4 is 10.6 Å². The average Bonchev–Trinajstić information content (AvgIpc) is 2.65. The average molecular weight is 490 g/mol. The Morgan fingerprint density at radius 2 is 1.68 bits per heavy atom. The second-order valence-corrected chi connectivity index (χ2v) is 12.1. The van der Waals surface area contributed by atoms with E-state index < -0.39 is 46.6 Å². The lowest BCUT2D eigenvalue weighted by Crippen LogP contribution is -2.63. The molecule has 1 saturated heterocycles. The summed E-state index contributed by atoms with van der Waals surface area (Å²) in [6.07, 6.45) is 3.75. The van der Waals surface area contributed by atoms with Gasteiger partial charge in [-0.3, -0.25) is 10.1 Å². The summed E-state index contributed by atoms with van der Waals surface area (Å²) in [5, 5.41) is 17.1. The molecule has 0 spiro atoms. The number of alkyl halides is 2. The largest absolute Gasteiger partial charge is 0.374 e. The van der Waals surface area contributed by atoms with Crippen LogP contribution in [0.5, 0.6) is 0 Å². The van der Waals surface area contributed by atoms with Crippen molar-refractivity contribution in [2.75, 3.05) is 6.61 Å². The molecule has 9 heteroatoms. The molecule has 1 fully saturated rings. The van der Waals surface area contributed by atoms with Crippen molar-refractivity contribution in [1.29, 1.82) is 0 Å². The Morgan fingerprint density at radius 3 is 2.12 bits per heavy atom. The molecule has 1 amide bonds. The van der Waals surface area contributed by atoms with Gasteiger partial charge < -0.3 is 20.1 Å². The van der Waals surface area contributed by atoms with Crippen molar-refractivity contribution < 1.29 is 28.3 Å². The van der Waals surface area contributed by atoms with Crippen LogP contribution in [0.25, 0.3) is 0 Å². The molecule has 0 aromatic carbocycles. The monoisotopic (exact) mass is 489 g/mol. The Morgan fingerprint density at radius 1 is 1.15 bits per heavy atom. The van der Waals surface area contributed by atoms with Gasteiger partial charge in [0, 0.05) is 23.2 Å². The van der Waals surface area contributed by atoms with Crippen molar-refractivity contribution in [3.8, 4) is 0 Å². The van der Waals surface area contributed by atoms with E-state index in [1.54, 1.807) is 27.7 Å². The van der Waals surface area contributed by atoms with Crippen LogP contribution in [0.3, 0.4) is 0 Å². The number of piperidine rings is 1. The number of amides is 1. The third-order valence-electron chi connectivity index (χ3n) is 5.83. The molecule has 1 aliphatic rings. The second-order valence-electron chi connectivity index (χ2n) is 12.1. The molecule has 198 valence electrons. The zero-order valence-electron chi connectivity index (χ0n) is 22.2. The molecule has 1 aliphatic heterocycles. The van der Waals surface area contributed by atoms with Crippen LogP contribution in [0.15, 0.2) is 12.2 Å². The quantitative estimate of drug-likeness (QED) is 0.299. The molecule has 0 bridgehead atoms. The summed E-state index contributed by atoms with van der Waals surface area (Å²) in [5.41, 5.74) is -1.78. The molecule has 1 rings (SSSR count). The van der Waals surface area contributed by atoms with E-state index in [-0.39, 0.29) is 12.5 Å². The first-order valence-electron chi connectivity index (χ1n) is 12.0. The molecular formula is C25H45F2N3O4. The molecule has 0 saturated carbocycles. The lowest BCUT2D eigenvalue weighted by Gasteiger charge is -2.51. The zero-order chi connectivity index (χ0) is 26.5. The summed E-state index contributed by atoms with van der Waals surface area (Å²) in [7, 11) is 0. The fraction of sp³-hybridized carbons (Fsp3) is 0.840. The van der Waals surface area contributed by atoms with Gasteiger partial charge in [0.15, 0.2) is 0 Å². The highest BCUT2D eigenvalue weighted by Crippen LogP contribution is 2.37. The van der Waals surface area contributed by atoms with Crippen LogP contribution in [-0.2, 0) is 14.3 Å². The van der Waals surface area contributed by atoms with E-state index in [1.165, 1.54) is 11.1 Å². The number of rotatable bonds is 11. The van der Waals surface area contributed by atoms with E-state index in [9.17, 15) is 23.6 Å². The number of nitrogens with zero attached hydrogens (tertiary/aromatic N) is 1. The van der Waals surface area contributed by atoms with Gasteiger partial charge in [0.2, 0.25) is 0 Å². The van der Waals surface area contributed by atoms with E-state index in [0.717, 1.165) is 0 Å². The first-order valence-corrected chi connectivity index (χ1v) is 12.0. The molecule has 1 unspecified atom stereocenters. The van der Waals surface area contributed by atoms with Gasteiger partial charge in [-0.05, 0) is 79.7 Å². The SMILES string of the molecule is CC(C)C[C@H](/C=C/C(F)(F)C(=O)NC1CC(C)(C)N(O)C(C)(C)C1)NC(C=O)COC(C)(C)C. The Kier molecular flexibility index (Phi) is 10.4. The van der Waals surface area contributed by atoms with Crippen LogP contribution in [-0.4, -0.2) is 69.8 Å². The van der Waals surface area contributed by atoms with Crippen molar-refractivity contribution in [1.82, 2.24) is 15.7 Å². The summed E-state index contributed by atoms with van der Waals surface area (Å²) in [6.45, 7) is 16.8. The molecular weight excluding hydrogens is 444 g/mol. The molecule has 1 heterocycles. The summed E-state index contributed by atoms with van der Waals surface area (Å²) >= 11 is 0. The van der Waals surface area contributed by atoms with Gasteiger partial charge >= 0.3 is 5.92 Å². The minimum atomic E-state index is -3.72. The molecule has 0 aliphatic carbocycles. The molecule has 0 radical (unpaired) electrons. The number of hydrogen-bond donors (Lipinski definition) is 3. The topological polar surface area (TPSA) is 90.9 Å². The third-order valence-corrected chi connectivity index (χ3v) is 5.83. The van der Waals surface area contributed by atoms with Crippen molar-refractivity contribution >= 4 is 12.2 Å². The second kappa shape index (κ2) is 11.5. The molecule has 3 N–H and O–H groups in total. The van der Waals surface area contributed by atoms with Gasteiger partial charge in [0.25, 0.3) is 5.91 Å². The minimum Gasteiger partial charge on any atom is -0.374 e. The van der Waals surface area contributed by atoms with E-state index in [1.807, 2.05) is 34.6 Å². The Balaban J connectivity index is 2.89. The standard InChI is InChI=1S/C25H45F2N3O4/c1-17(2)12-18(28-20(15-31)16-34-22(3,4)5)10-11-25(26,27)21(32)29-19-13-23(6,7)30(33)24(8,9)14-19/h10-11,15,17-20,28,33H,12-14,16H2,1-9H3,(H,29,32)/b11-10+/t18-,20?/m0/s1. The van der Waals surface area contributed by atoms with Crippen molar-refractivity contribution in [2.45, 2.75) is 122 Å². The van der Waals surface area contributed by atoms with E-state index in [2.05, 4.69) is 10.6 Å². The maximum atomic E-state index is 14.8. The highest BCUT2D eigenvalue weighted by molar-refractivity contribution is 5.85. The van der Waals surface area contributed by atoms with E-state index in [0.29, 0.717) is 31.6 Å². The maximum absolute atomic E-state index is 14.8. The lowest BCUT2D eigenvalue weighted by atomic mass is 9.79. The first kappa shape index (κ1) is 30.6. The Hall–Kier alpha value is -1.42. The lowest BCUT2D eigenvalue weighted by molar-refractivity contribution is -0.246. The number of hydrogen-bond acceptors (Lipinski definition) is 6. The minimum absolute atomic E-state index is 0.113. The highest BCUT2D eigenvalue weighted by Gasteiger charge is 2.47. The number of hydroxylamine groups is 2. The fourth-order valence-corrected chi connectivity index (χ4v) is 4.42. The summed E-state index contributed by atoms with van der Waals surface area (Å²) in [6, 6.07) is -1.70. The van der Waals surface area contributed by atoms with Gasteiger partial charge in [-0.2, -0.15) is 13.8 Å². The van der Waals surface area contributed by atoms with Gasteiger partial charge in [-0.15, -0.1) is 0 Å². The predicted molar refractivity (Wildman–Crippen MR) is 129 cm³/mol. The Bertz CT molecular complexity index is 699. The molecule has 2 atom stereocenters. The van der Waals surface area contributed by atoms with Crippen LogP contribution in [0, 0.1) is 5.92 Å². The van der Waals surface area contributed by atoms with Gasteiger partial charge in [0.1, 0.15) is 6.29 Å². The fourth-order valence-electron chi connectivity index (χ4n) is 4.42. The number of nitrogens with one attached hydrogen (secondary N) is 2. The van der Waals surface area contributed by atoms with Crippen LogP contribution in [0.2, 0.25) is 0 Å². The maximum Gasteiger partial charge on any atom is 0.343 e. The molecule has 0 aromatic heterocycles. The van der Waals surface area contributed by atoms with Crippen LogP contribution >= 0.6 is 0 Å². The van der Waals surface area contributed by atoms with Crippen molar-refractivity contribution in [3.05, 3.63) is 12.2 Å². The summed E-state index contributed by atoms with van der Waals surface area (Å²) in [4.78, 5) is 24.0. The first-order chi connectivity index (χ1) is 15.3. The van der Waals surface area contributed by atoms with E-state index >= 15 is 0 Å². The summed E-state index contributed by atoms with van der Waals surface area (Å²) < 4.78 is 35.2. The third kappa shape index (κ3) is 9.68.